The second-order valence-electron chi connectivity index (χ2n) is 26.3. The molecule has 0 aliphatic heterocycles. The molecule has 1 aliphatic carbocycles. The van der Waals surface area contributed by atoms with Crippen LogP contribution in [0.4, 0.5) is 29.6 Å². The van der Waals surface area contributed by atoms with Crippen molar-refractivity contribution in [2.45, 2.75) is 132 Å². The Bertz CT molecular complexity index is 4370. The van der Waals surface area contributed by atoms with Crippen molar-refractivity contribution in [3.8, 4) is 11.1 Å². The number of methoxy groups -OCH3 is 2. The molecular weight excluding hydrogens is 1450 g/mol. The molecule has 0 saturated heterocycles. The van der Waals surface area contributed by atoms with Gasteiger partial charge in [0.15, 0.2) is 16.9 Å². The van der Waals surface area contributed by atoms with Gasteiger partial charge in [0.05, 0.1) is 43.4 Å². The van der Waals surface area contributed by atoms with Gasteiger partial charge in [-0.1, -0.05) is 140 Å². The Hall–Kier alpha value is -11.4. The van der Waals surface area contributed by atoms with Crippen molar-refractivity contribution in [2.75, 3.05) is 70.9 Å². The summed E-state index contributed by atoms with van der Waals surface area (Å²) in [4.78, 5) is 143. The molecule has 0 fully saturated rings. The first-order valence-corrected chi connectivity index (χ1v) is 37.5. The summed E-state index contributed by atoms with van der Waals surface area (Å²) in [5.41, 5.74) is 11.5. The zero-order valence-corrected chi connectivity index (χ0v) is 63.3. The standard InChI is InChI=1S/C58H66F3N11O9S.C23H28N2O4/c1-37(73)44(69-51(76)38-25-27-43(28-26-38)72(55(80)58(59,60)61)36-42-35-65-50-49(66-42)53(78)71-56(62)70-50)29-30-47(74)68-46(54(79)81-3)24-14-16-33-64-52(77)45(23-13-15-32-63-2)67-48(75)31-34-82-57(39-17-7-4-8-18-39,40-19-9-5-10-20-40)41-21-11-6-12-22-41;1-24-14-8-7-13-21(22(26)28-2)25-23(27)29-15-20-18-11-5-3-9-16(18)17-10-4-6-12-19(17)20/h4-12,17-22,25-28,35,44-46,63H,13-16,23-24,29-34,36H2,1-3H3,(H,64,77)(H,67,75)(H,68,74)(H,69,76)(H3,62,65,70,71,78);3-6,9-12,20-21,24H,7-8,13-15H2,1-2H3,(H,25,27). The van der Waals surface area contributed by atoms with Gasteiger partial charge < -0.3 is 57.2 Å². The van der Waals surface area contributed by atoms with Crippen LogP contribution in [0.2, 0.25) is 0 Å². The highest BCUT2D eigenvalue weighted by molar-refractivity contribution is 8.00. The first-order valence-electron chi connectivity index (χ1n) is 36.5. The Kier molecular flexibility index (Phi) is 32.7. The van der Waals surface area contributed by atoms with Crippen LogP contribution in [-0.2, 0) is 59.1 Å². The van der Waals surface area contributed by atoms with Gasteiger partial charge in [-0.05, 0) is 162 Å². The third-order valence-electron chi connectivity index (χ3n) is 18.5. The minimum Gasteiger partial charge on any atom is -0.467 e. The average Bonchev–Trinajstić information content (AvgIpc) is 1.67. The topological polar surface area (TPSA) is 366 Å². The maximum atomic E-state index is 13.8. The zero-order chi connectivity index (χ0) is 79.9. The predicted molar refractivity (Wildman–Crippen MR) is 416 cm³/mol. The van der Waals surface area contributed by atoms with E-state index in [9.17, 15) is 61.1 Å². The molecule has 0 spiro atoms. The van der Waals surface area contributed by atoms with Crippen molar-refractivity contribution in [3.63, 3.8) is 0 Å². The van der Waals surface area contributed by atoms with Crippen LogP contribution >= 0.6 is 11.8 Å². The van der Waals surface area contributed by atoms with E-state index in [2.05, 4.69) is 118 Å². The molecule has 588 valence electrons. The number of alkyl carbamates (subject to hydrolysis) is 1. The summed E-state index contributed by atoms with van der Waals surface area (Å²) in [6.45, 7) is 2.42. The molecule has 111 heavy (non-hydrogen) atoms. The summed E-state index contributed by atoms with van der Waals surface area (Å²) in [5.74, 6) is -5.88. The van der Waals surface area contributed by atoms with Gasteiger partial charge in [-0.3, -0.25) is 43.4 Å². The molecule has 0 bridgehead atoms. The monoisotopic (exact) mass is 1550 g/mol. The molecule has 4 atom stereocenters. The molecule has 4 unspecified atom stereocenters. The Morgan fingerprint density at radius 3 is 1.60 bits per heavy atom. The van der Waals surface area contributed by atoms with Crippen LogP contribution in [0.25, 0.3) is 22.3 Å². The number of rotatable bonds is 39. The number of esters is 2. The van der Waals surface area contributed by atoms with E-state index in [0.717, 1.165) is 97.7 Å². The fraction of sp³-hybridized carbons (Fsp3) is 0.370. The number of Topliss-reactive ketones (excluding diaryl/α,β-unsaturated/α-hetero) is 1. The molecule has 8 aromatic rings. The van der Waals surface area contributed by atoms with E-state index in [1.54, 1.807) is 11.8 Å². The van der Waals surface area contributed by atoms with E-state index in [4.69, 9.17) is 19.9 Å². The van der Waals surface area contributed by atoms with E-state index in [1.165, 1.54) is 25.2 Å². The lowest BCUT2D eigenvalue weighted by Gasteiger charge is -2.35. The lowest BCUT2D eigenvalue weighted by molar-refractivity contribution is -0.170. The minimum atomic E-state index is -5.34. The number of nitrogen functional groups attached to an aromatic ring is 1. The summed E-state index contributed by atoms with van der Waals surface area (Å²) in [6, 6.07) is 47.4. The fourth-order valence-electron chi connectivity index (χ4n) is 12.9. The number of nitrogens with zero attached hydrogens (tertiary/aromatic N) is 4. The maximum absolute atomic E-state index is 13.8. The Morgan fingerprint density at radius 2 is 1.08 bits per heavy atom. The van der Waals surface area contributed by atoms with Crippen LogP contribution in [0.3, 0.4) is 0 Å². The normalized spacial score (nSPS) is 12.8. The van der Waals surface area contributed by atoms with Crippen LogP contribution in [0.1, 0.15) is 134 Å². The van der Waals surface area contributed by atoms with Crippen molar-refractivity contribution in [1.29, 1.82) is 0 Å². The van der Waals surface area contributed by atoms with Gasteiger partial charge in [-0.15, -0.1) is 11.8 Å². The van der Waals surface area contributed by atoms with Crippen LogP contribution in [0.5, 0.6) is 0 Å². The van der Waals surface area contributed by atoms with Crippen molar-refractivity contribution in [1.82, 2.24) is 57.2 Å². The molecule has 0 radical (unpaired) electrons. The van der Waals surface area contributed by atoms with Crippen LogP contribution in [-0.4, -0.2) is 164 Å². The second-order valence-corrected chi connectivity index (χ2v) is 27.6. The van der Waals surface area contributed by atoms with Gasteiger partial charge in [0.25, 0.3) is 11.5 Å². The number of alkyl halides is 3. The van der Waals surface area contributed by atoms with Gasteiger partial charge in [0.1, 0.15) is 24.7 Å². The number of H-pyrrole nitrogens is 1. The largest absolute Gasteiger partial charge is 0.471 e. The number of nitrogens with one attached hydrogen (secondary N) is 8. The Labute approximate surface area is 645 Å². The number of fused-ring (bicyclic) bond motifs is 4. The lowest BCUT2D eigenvalue weighted by atomic mass is 9.84. The number of thioether (sulfide) groups is 1. The number of aromatic nitrogens is 4. The lowest BCUT2D eigenvalue weighted by Crippen LogP contribution is -2.47. The van der Waals surface area contributed by atoms with Gasteiger partial charge in [0.2, 0.25) is 23.7 Å². The molecule has 2 aromatic heterocycles. The molecule has 2 heterocycles. The summed E-state index contributed by atoms with van der Waals surface area (Å²) in [6.07, 6.45) is -0.281. The predicted octanol–water partition coefficient (Wildman–Crippen LogP) is 9.25. The molecule has 6 amide bonds. The fourth-order valence-corrected chi connectivity index (χ4v) is 14.4. The summed E-state index contributed by atoms with van der Waals surface area (Å²) >= 11 is 1.65. The van der Waals surface area contributed by atoms with E-state index in [1.807, 2.05) is 93.0 Å². The highest BCUT2D eigenvalue weighted by Crippen LogP contribution is 2.49. The summed E-state index contributed by atoms with van der Waals surface area (Å²) in [7, 11) is 6.21. The van der Waals surface area contributed by atoms with Crippen molar-refractivity contribution >= 4 is 87.9 Å². The number of hydrogen-bond donors (Lipinski definition) is 9. The van der Waals surface area contributed by atoms with Gasteiger partial charge >= 0.3 is 30.1 Å². The SMILES string of the molecule is CNCCCCC(NC(=O)CCSC(c1ccccc1)(c1ccccc1)c1ccccc1)C(=O)NCCCCC(NC(=O)CCC(NC(=O)c1ccc(N(Cc2cnc3nc(N)[nH]c(=O)c3n2)C(=O)C(F)(F)F)cc1)C(C)=O)C(=O)OC.CNCCCCC(NC(=O)OCC1c2ccccc2-c2ccccc21)C(=O)OC. The molecular formula is C81H94F3N13O13S. The van der Waals surface area contributed by atoms with E-state index < -0.39 is 88.7 Å². The molecule has 9 rings (SSSR count). The van der Waals surface area contributed by atoms with Gasteiger partial charge in [-0.25, -0.2) is 24.4 Å². The molecule has 1 aliphatic rings. The number of carbonyl (C=O) groups is 9. The molecule has 10 N–H and O–H groups in total. The number of carbonyl (C=O) groups excluding carboxylic acids is 9. The average molecular weight is 1550 g/mol. The second kappa shape index (κ2) is 42.6. The number of halogens is 3. The zero-order valence-electron chi connectivity index (χ0n) is 62.5. The van der Waals surface area contributed by atoms with E-state index in [-0.39, 0.29) is 90.6 Å². The highest BCUT2D eigenvalue weighted by Gasteiger charge is 2.44. The Morgan fingerprint density at radius 1 is 0.586 bits per heavy atom. The number of anilines is 2. The summed E-state index contributed by atoms with van der Waals surface area (Å²) < 4.78 is 56.0. The van der Waals surface area contributed by atoms with E-state index >= 15 is 0 Å². The minimum absolute atomic E-state index is 0.0136. The maximum Gasteiger partial charge on any atom is 0.471 e. The third kappa shape index (κ3) is 24.3. The number of ether oxygens (including phenoxy) is 3. The van der Waals surface area contributed by atoms with Crippen molar-refractivity contribution in [3.05, 3.63) is 219 Å². The van der Waals surface area contributed by atoms with Crippen LogP contribution < -0.4 is 53.4 Å². The van der Waals surface area contributed by atoms with Gasteiger partial charge in [0, 0.05) is 42.3 Å². The number of benzene rings is 6. The molecule has 0 saturated carbocycles. The van der Waals surface area contributed by atoms with Gasteiger partial charge in [-0.2, -0.15) is 18.2 Å². The number of nitrogens with two attached hydrogens (primary N) is 1. The smallest absolute Gasteiger partial charge is 0.467 e. The number of unbranched alkanes of at least 4 members (excludes halogenated alkanes) is 3. The van der Waals surface area contributed by atoms with Crippen molar-refractivity contribution < 1.29 is 70.5 Å². The molecule has 6 aromatic carbocycles. The number of aromatic amines is 1. The number of ketones is 1. The molecule has 26 nitrogen and oxygen atoms in total. The van der Waals surface area contributed by atoms with E-state index in [0.29, 0.717) is 42.8 Å². The summed E-state index contributed by atoms with van der Waals surface area (Å²) in [5, 5.41) is 19.9. The van der Waals surface area contributed by atoms with Crippen LogP contribution in [0.15, 0.2) is 175 Å². The highest BCUT2D eigenvalue weighted by atomic mass is 32.2. The first kappa shape index (κ1) is 85.2. The van der Waals surface area contributed by atoms with Crippen molar-refractivity contribution in [2.24, 2.45) is 0 Å². The Balaban J connectivity index is 0.000000443. The third-order valence-corrected chi connectivity index (χ3v) is 20.1. The quantitative estimate of drug-likeness (QED) is 0.00749. The van der Waals surface area contributed by atoms with Crippen LogP contribution in [0, 0.1) is 0 Å². The number of hydrogen-bond acceptors (Lipinski definition) is 20. The first-order chi connectivity index (χ1) is 53.5. The number of amides is 6. The molecule has 30 heteroatoms.